The number of aromatic nitrogens is 3. The molecular formula is C28H27Cl2N5O. The molecular weight excluding hydrogens is 493 g/mol. The largest absolute Gasteiger partial charge is 0.364 e. The van der Waals surface area contributed by atoms with Gasteiger partial charge in [-0.2, -0.15) is 0 Å². The highest BCUT2D eigenvalue weighted by Crippen LogP contribution is 2.34. The van der Waals surface area contributed by atoms with Gasteiger partial charge in [0.15, 0.2) is 0 Å². The molecule has 2 N–H and O–H groups in total. The van der Waals surface area contributed by atoms with Crippen molar-refractivity contribution >= 4 is 29.1 Å². The average molecular weight is 520 g/mol. The quantitative estimate of drug-likeness (QED) is 0.294. The maximum Gasteiger partial charge on any atom is 0.254 e. The van der Waals surface area contributed by atoms with E-state index in [0.29, 0.717) is 6.54 Å². The van der Waals surface area contributed by atoms with Gasteiger partial charge in [-0.25, -0.2) is 0 Å². The first-order valence-corrected chi connectivity index (χ1v) is 12.8. The molecule has 1 aliphatic rings. The van der Waals surface area contributed by atoms with E-state index in [0.717, 1.165) is 37.9 Å². The van der Waals surface area contributed by atoms with Crippen LogP contribution >= 0.6 is 23.2 Å². The summed E-state index contributed by atoms with van der Waals surface area (Å²) >= 11 is 12.3. The lowest BCUT2D eigenvalue weighted by Crippen LogP contribution is -2.31. The van der Waals surface area contributed by atoms with Gasteiger partial charge in [0.1, 0.15) is 0 Å². The van der Waals surface area contributed by atoms with Crippen molar-refractivity contribution in [2.45, 2.75) is 44.9 Å². The molecule has 4 aromatic rings. The van der Waals surface area contributed by atoms with Crippen LogP contribution in [0.4, 0.5) is 0 Å². The SMILES string of the molecule is O=C(NCc1cccc(CN(Cc2ccc[nH]2)C2CCCc3cccnc32)c1)c1c(Cl)cncc1Cl. The molecule has 0 aliphatic heterocycles. The Balaban J connectivity index is 1.33. The summed E-state index contributed by atoms with van der Waals surface area (Å²) in [6.45, 7) is 1.93. The molecule has 3 heterocycles. The smallest absolute Gasteiger partial charge is 0.254 e. The zero-order valence-corrected chi connectivity index (χ0v) is 21.3. The Bertz CT molecular complexity index is 1320. The summed E-state index contributed by atoms with van der Waals surface area (Å²) in [5.74, 6) is -0.323. The molecule has 0 bridgehead atoms. The van der Waals surface area contributed by atoms with Crippen molar-refractivity contribution < 1.29 is 4.79 Å². The highest BCUT2D eigenvalue weighted by Gasteiger charge is 2.27. The van der Waals surface area contributed by atoms with Crippen molar-refractivity contribution in [1.29, 1.82) is 0 Å². The fourth-order valence-corrected chi connectivity index (χ4v) is 5.41. The van der Waals surface area contributed by atoms with Crippen molar-refractivity contribution in [3.05, 3.63) is 117 Å². The molecule has 0 saturated carbocycles. The van der Waals surface area contributed by atoms with Crippen molar-refractivity contribution in [1.82, 2.24) is 25.2 Å². The number of nitrogens with zero attached hydrogens (tertiary/aromatic N) is 3. The number of amides is 1. The second-order valence-corrected chi connectivity index (χ2v) is 9.85. The summed E-state index contributed by atoms with van der Waals surface area (Å²) in [7, 11) is 0. The lowest BCUT2D eigenvalue weighted by molar-refractivity contribution is 0.0951. The van der Waals surface area contributed by atoms with E-state index < -0.39 is 0 Å². The van der Waals surface area contributed by atoms with E-state index in [1.807, 2.05) is 36.7 Å². The van der Waals surface area contributed by atoms with E-state index in [4.69, 9.17) is 28.2 Å². The molecule has 0 saturated heterocycles. The van der Waals surface area contributed by atoms with Crippen LogP contribution in [0.25, 0.3) is 0 Å². The molecule has 6 nitrogen and oxygen atoms in total. The molecule has 36 heavy (non-hydrogen) atoms. The highest BCUT2D eigenvalue weighted by atomic mass is 35.5. The van der Waals surface area contributed by atoms with Crippen LogP contribution in [0.5, 0.6) is 0 Å². The minimum atomic E-state index is -0.323. The lowest BCUT2D eigenvalue weighted by Gasteiger charge is -2.35. The number of aryl methyl sites for hydroxylation is 1. The highest BCUT2D eigenvalue weighted by molar-refractivity contribution is 6.39. The third kappa shape index (κ3) is 5.62. The number of hydrogen-bond donors (Lipinski definition) is 2. The van der Waals surface area contributed by atoms with E-state index >= 15 is 0 Å². The van der Waals surface area contributed by atoms with Gasteiger partial charge in [-0.3, -0.25) is 19.7 Å². The minimum absolute atomic E-state index is 0.232. The van der Waals surface area contributed by atoms with Crippen LogP contribution in [0.2, 0.25) is 10.0 Å². The van der Waals surface area contributed by atoms with Gasteiger partial charge in [-0.05, 0) is 54.2 Å². The van der Waals surface area contributed by atoms with E-state index in [1.54, 1.807) is 0 Å². The first-order chi connectivity index (χ1) is 17.6. The number of aromatic amines is 1. The fraction of sp³-hybridized carbons (Fsp3) is 0.250. The number of hydrogen-bond acceptors (Lipinski definition) is 4. The lowest BCUT2D eigenvalue weighted by atomic mass is 9.90. The molecule has 1 atom stereocenters. The summed E-state index contributed by atoms with van der Waals surface area (Å²) in [6, 6.07) is 16.9. The van der Waals surface area contributed by atoms with Crippen LogP contribution in [-0.4, -0.2) is 25.8 Å². The summed E-state index contributed by atoms with van der Waals surface area (Å²) in [4.78, 5) is 27.2. The predicted molar refractivity (Wildman–Crippen MR) is 142 cm³/mol. The Labute approximate surface area is 220 Å². The van der Waals surface area contributed by atoms with Crippen molar-refractivity contribution in [3.8, 4) is 0 Å². The molecule has 0 spiro atoms. The molecule has 1 unspecified atom stereocenters. The first-order valence-electron chi connectivity index (χ1n) is 12.0. The molecule has 5 rings (SSSR count). The Hall–Kier alpha value is -3.19. The van der Waals surface area contributed by atoms with E-state index in [9.17, 15) is 4.79 Å². The second-order valence-electron chi connectivity index (χ2n) is 9.04. The van der Waals surface area contributed by atoms with Gasteiger partial charge >= 0.3 is 0 Å². The van der Waals surface area contributed by atoms with Gasteiger partial charge in [0, 0.05) is 50.1 Å². The fourth-order valence-electron chi connectivity index (χ4n) is 4.87. The number of nitrogens with one attached hydrogen (secondary N) is 2. The van der Waals surface area contributed by atoms with Crippen LogP contribution < -0.4 is 5.32 Å². The summed E-state index contributed by atoms with van der Waals surface area (Å²) in [6.07, 6.45) is 10.0. The first kappa shape index (κ1) is 24.5. The number of carbonyl (C=O) groups excluding carboxylic acids is 1. The van der Waals surface area contributed by atoms with Gasteiger partial charge in [0.05, 0.1) is 27.3 Å². The van der Waals surface area contributed by atoms with Gasteiger partial charge < -0.3 is 10.3 Å². The normalized spacial score (nSPS) is 15.0. The monoisotopic (exact) mass is 519 g/mol. The number of pyridine rings is 2. The van der Waals surface area contributed by atoms with Crippen molar-refractivity contribution in [2.75, 3.05) is 0 Å². The van der Waals surface area contributed by atoms with Crippen LogP contribution in [0.1, 0.15) is 57.3 Å². The van der Waals surface area contributed by atoms with Gasteiger partial charge in [-0.1, -0.05) is 53.5 Å². The van der Waals surface area contributed by atoms with E-state index in [2.05, 4.69) is 44.5 Å². The van der Waals surface area contributed by atoms with Gasteiger partial charge in [0.25, 0.3) is 5.91 Å². The minimum Gasteiger partial charge on any atom is -0.364 e. The predicted octanol–water partition coefficient (Wildman–Crippen LogP) is 6.12. The van der Waals surface area contributed by atoms with Crippen molar-refractivity contribution in [2.24, 2.45) is 0 Å². The van der Waals surface area contributed by atoms with Crippen molar-refractivity contribution in [3.63, 3.8) is 0 Å². The topological polar surface area (TPSA) is 73.9 Å². The van der Waals surface area contributed by atoms with Gasteiger partial charge in [-0.15, -0.1) is 0 Å². The maximum absolute atomic E-state index is 12.7. The number of rotatable bonds is 8. The van der Waals surface area contributed by atoms with E-state index in [1.165, 1.54) is 34.9 Å². The summed E-state index contributed by atoms with van der Waals surface area (Å²) < 4.78 is 0. The number of fused-ring (bicyclic) bond motifs is 1. The Kier molecular flexibility index (Phi) is 7.66. The van der Waals surface area contributed by atoms with Crippen LogP contribution in [0.15, 0.2) is 73.3 Å². The molecule has 3 aromatic heterocycles. The molecule has 1 aliphatic carbocycles. The third-order valence-corrected chi connectivity index (χ3v) is 7.13. The molecule has 0 fully saturated rings. The maximum atomic E-state index is 12.7. The second kappa shape index (κ2) is 11.2. The average Bonchev–Trinajstić information content (AvgIpc) is 3.40. The summed E-state index contributed by atoms with van der Waals surface area (Å²) in [5, 5.41) is 3.39. The molecule has 1 aromatic carbocycles. The molecule has 184 valence electrons. The zero-order chi connectivity index (χ0) is 24.9. The van der Waals surface area contributed by atoms with Gasteiger partial charge in [0.2, 0.25) is 0 Å². The number of carbonyl (C=O) groups is 1. The number of H-pyrrole nitrogens is 1. The van der Waals surface area contributed by atoms with Crippen LogP contribution in [0.3, 0.4) is 0 Å². The van der Waals surface area contributed by atoms with Crippen LogP contribution in [-0.2, 0) is 26.1 Å². The molecule has 0 radical (unpaired) electrons. The Morgan fingerprint density at radius 1 is 1.06 bits per heavy atom. The van der Waals surface area contributed by atoms with Crippen LogP contribution in [0, 0.1) is 0 Å². The zero-order valence-electron chi connectivity index (χ0n) is 19.8. The molecule has 1 amide bonds. The van der Waals surface area contributed by atoms with E-state index in [-0.39, 0.29) is 27.6 Å². The number of benzene rings is 1. The summed E-state index contributed by atoms with van der Waals surface area (Å²) in [5.41, 5.74) is 6.12. The standard InChI is InChI=1S/C28H27Cl2N5O/c29-23-15-31-16-24(30)26(23)28(36)34-14-19-5-1-6-20(13-19)17-35(18-22-9-4-11-32-22)25-10-2-7-21-8-3-12-33-27(21)25/h1,3-6,8-9,11-13,15-16,25,32H,2,7,10,14,17-18H2,(H,34,36). The molecule has 8 heteroatoms. The number of halogens is 2. The third-order valence-electron chi connectivity index (χ3n) is 6.55. The Morgan fingerprint density at radius 2 is 1.89 bits per heavy atom. The Morgan fingerprint density at radius 3 is 2.69 bits per heavy atom.